The predicted octanol–water partition coefficient (Wildman–Crippen LogP) is -3.03. The molecule has 5 rings (SSSR count). The number of phenolic OH excluding ortho intramolecular Hbond substituents is 1. The van der Waals surface area contributed by atoms with Crippen molar-refractivity contribution in [3.8, 4) is 5.75 Å². The van der Waals surface area contributed by atoms with Gasteiger partial charge in [-0.05, 0) is 93.1 Å². The maximum atomic E-state index is 14.6. The number of benzene rings is 3. The molecular formula is C62H85N15O16S2. The number of nitrogens with one attached hydrogen (secondary N) is 10. The van der Waals surface area contributed by atoms with Gasteiger partial charge in [-0.1, -0.05) is 60.7 Å². The number of aromatic nitrogens is 3. The minimum absolute atomic E-state index is 0.0120. The lowest BCUT2D eigenvalue weighted by Gasteiger charge is -2.33. The number of hydrogen-bond donors (Lipinski definition) is 19. The number of hydrogen-bond acceptors (Lipinski definition) is 20. The van der Waals surface area contributed by atoms with Gasteiger partial charge in [-0.2, -0.15) is 24.4 Å². The van der Waals surface area contributed by atoms with Crippen LogP contribution in [0.4, 0.5) is 0 Å². The number of carboxylic acids is 2. The van der Waals surface area contributed by atoms with Crippen molar-refractivity contribution in [3.05, 3.63) is 120 Å². The van der Waals surface area contributed by atoms with Crippen LogP contribution in [0, 0.1) is 0 Å². The van der Waals surface area contributed by atoms with Gasteiger partial charge < -0.3 is 100 Å². The van der Waals surface area contributed by atoms with Crippen molar-refractivity contribution in [3.63, 3.8) is 0 Å². The Hall–Kier alpha value is -9.12. The summed E-state index contributed by atoms with van der Waals surface area (Å²) in [6.07, 6.45) is 1.38. The standard InChI is InChI=1S/C62H85N15O16S2/c1-33(78)51(75-55(84)44(15-9-10-21-63)70-56(85)46(25-37-27-67-43-14-8-7-13-40(37)43)72-53(82)41(64)23-36-16-18-39(80)19-17-36)60(89)77(3)49(24-35-11-5-4-6-12-35)59(88)71-45(61(90)91)20-22-95-31-50(81)68-29-42(65)54(83)73-47(26-38-28-66-32-69-38)57(86)74-48(30-94)58(87)76-52(34(2)79)62(92)93/h4-8,11-14,16-19,27-28,32-34,41-42,44-49,51-52,67,78-80,94H,9-10,15,20-26,29-31,63-65H2,1-3H3,(H,66,69)(H,68,81)(H,70,85)(H,71,88)(H,72,82)(H,73,83)(H,74,86)(H,75,84)(H,76,87)(H,90,91)(H,92,93)/t33-,34-,41+,42?,44+,45+,46-,47+,48+,49+,51+,52+/m1/s1. The van der Waals surface area contributed by atoms with Gasteiger partial charge in [-0.25, -0.2) is 14.6 Å². The molecule has 5 aromatic rings. The Labute approximate surface area is 556 Å². The summed E-state index contributed by atoms with van der Waals surface area (Å²) in [5.74, 6) is -11.3. The molecular weight excluding hydrogens is 1270 g/mol. The van der Waals surface area contributed by atoms with E-state index in [1.807, 2.05) is 18.2 Å². The zero-order valence-corrected chi connectivity index (χ0v) is 54.3. The number of phenols is 1. The van der Waals surface area contributed by atoms with Crippen LogP contribution in [0.5, 0.6) is 5.75 Å². The number of unbranched alkanes of at least 4 members (excludes halogenated alkanes) is 1. The van der Waals surface area contributed by atoms with E-state index >= 15 is 0 Å². The summed E-state index contributed by atoms with van der Waals surface area (Å²) in [6, 6.07) is 7.24. The molecule has 0 bridgehead atoms. The van der Waals surface area contributed by atoms with Gasteiger partial charge in [0.1, 0.15) is 54.1 Å². The lowest BCUT2D eigenvalue weighted by atomic mass is 10.0. The van der Waals surface area contributed by atoms with E-state index in [1.54, 1.807) is 54.7 Å². The number of thioether (sulfide) groups is 1. The average Bonchev–Trinajstić information content (AvgIpc) is 1.81. The first kappa shape index (κ1) is 76.6. The highest BCUT2D eigenvalue weighted by Gasteiger charge is 2.39. The van der Waals surface area contributed by atoms with Crippen molar-refractivity contribution in [2.24, 2.45) is 17.2 Å². The highest BCUT2D eigenvalue weighted by atomic mass is 32.2. The minimum atomic E-state index is -1.75. The predicted molar refractivity (Wildman–Crippen MR) is 353 cm³/mol. The molecule has 0 aliphatic heterocycles. The minimum Gasteiger partial charge on any atom is -0.508 e. The molecule has 0 saturated carbocycles. The van der Waals surface area contributed by atoms with Crippen molar-refractivity contribution in [1.29, 1.82) is 0 Å². The number of amides is 9. The third-order valence-corrected chi connectivity index (χ3v) is 16.6. The fourth-order valence-electron chi connectivity index (χ4n) is 9.75. The number of H-pyrrole nitrogens is 2. The number of fused-ring (bicyclic) bond motifs is 1. The van der Waals surface area contributed by atoms with Gasteiger partial charge >= 0.3 is 11.9 Å². The highest BCUT2D eigenvalue weighted by molar-refractivity contribution is 7.99. The molecule has 33 heteroatoms. The normalized spacial score (nSPS) is 15.0. The number of para-hydroxylation sites is 1. The summed E-state index contributed by atoms with van der Waals surface area (Å²) in [4.78, 5) is 159. The number of aliphatic hydroxyl groups is 2. The van der Waals surface area contributed by atoms with Crippen molar-refractivity contribution in [1.82, 2.24) is 62.4 Å². The van der Waals surface area contributed by atoms with Gasteiger partial charge in [-0.15, -0.1) is 0 Å². The Morgan fingerprint density at radius 2 is 1.18 bits per heavy atom. The lowest BCUT2D eigenvalue weighted by molar-refractivity contribution is -0.146. The Bertz CT molecular complexity index is 3380. The largest absolute Gasteiger partial charge is 0.508 e. The van der Waals surface area contributed by atoms with E-state index in [4.69, 9.17) is 17.2 Å². The summed E-state index contributed by atoms with van der Waals surface area (Å²) in [7, 11) is 1.24. The van der Waals surface area contributed by atoms with Crippen LogP contribution in [-0.4, -0.2) is 221 Å². The van der Waals surface area contributed by atoms with Gasteiger partial charge in [0.15, 0.2) is 6.04 Å². The van der Waals surface area contributed by atoms with Crippen LogP contribution in [0.3, 0.4) is 0 Å². The number of rotatable bonds is 40. The number of carboxylic acid groups (broad SMARTS) is 2. The number of imidazole rings is 1. The summed E-state index contributed by atoms with van der Waals surface area (Å²) in [5, 5.41) is 71.2. The van der Waals surface area contributed by atoms with Crippen LogP contribution in [0.1, 0.15) is 61.9 Å². The van der Waals surface area contributed by atoms with Gasteiger partial charge in [0.05, 0.1) is 30.3 Å². The molecule has 31 nitrogen and oxygen atoms in total. The van der Waals surface area contributed by atoms with Crippen LogP contribution >= 0.6 is 24.4 Å². The first-order valence-electron chi connectivity index (χ1n) is 30.4. The average molecular weight is 1360 g/mol. The molecule has 9 amide bonds. The van der Waals surface area contributed by atoms with Gasteiger partial charge in [0.25, 0.3) is 0 Å². The first-order chi connectivity index (χ1) is 45.2. The van der Waals surface area contributed by atoms with Gasteiger partial charge in [-0.3, -0.25) is 43.2 Å². The fourth-order valence-corrected chi connectivity index (χ4v) is 10.8. The molecule has 95 heavy (non-hydrogen) atoms. The molecule has 516 valence electrons. The number of aromatic hydroxyl groups is 1. The van der Waals surface area contributed by atoms with E-state index in [0.29, 0.717) is 35.2 Å². The summed E-state index contributed by atoms with van der Waals surface area (Å²) >= 11 is 5.05. The number of nitrogens with zero attached hydrogens (tertiary/aromatic N) is 2. The molecule has 3 aromatic carbocycles. The van der Waals surface area contributed by atoms with Crippen molar-refractivity contribution in [2.45, 2.75) is 138 Å². The number of carbonyl (C=O) groups is 11. The SMILES string of the molecule is C[C@@H](O)[C@H](NC(=O)[C@H](CS)NC(=O)[C@H](Cc1cnc[nH]1)NC(=O)C(N)CNC(=O)CSCC[C@H](NC(=O)[C@H](Cc1ccccc1)N(C)C(=O)[C@@H](NC(=O)[C@H](CCCCN)NC(=O)[C@@H](Cc1c[nH]c2ccccc12)NC(=O)[C@@H](N)Cc1ccc(O)cc1)[C@@H](C)O)C(=O)O)C(=O)O. The summed E-state index contributed by atoms with van der Waals surface area (Å²) in [5.41, 5.74) is 21.2. The number of likely N-dealkylation sites (N-methyl/N-ethyl adjacent to an activating group) is 1. The molecule has 2 heterocycles. The smallest absolute Gasteiger partial charge is 0.328 e. The number of carbonyl (C=O) groups excluding carboxylic acids is 9. The van der Waals surface area contributed by atoms with E-state index < -0.39 is 144 Å². The Morgan fingerprint density at radius 1 is 0.611 bits per heavy atom. The number of aliphatic carboxylic acids is 2. The third kappa shape index (κ3) is 24.3. The van der Waals surface area contributed by atoms with Crippen molar-refractivity contribution in [2.75, 3.05) is 37.4 Å². The second kappa shape index (κ2) is 38.3. The van der Waals surface area contributed by atoms with Crippen LogP contribution < -0.4 is 59.7 Å². The topological polar surface area (TPSA) is 511 Å². The zero-order chi connectivity index (χ0) is 69.9. The molecule has 21 N–H and O–H groups in total. The maximum Gasteiger partial charge on any atom is 0.328 e. The second-order valence-corrected chi connectivity index (χ2v) is 24.1. The Balaban J connectivity index is 1.22. The number of thiol groups is 1. The van der Waals surface area contributed by atoms with E-state index in [0.717, 1.165) is 34.5 Å². The van der Waals surface area contributed by atoms with Crippen LogP contribution in [0.2, 0.25) is 0 Å². The maximum absolute atomic E-state index is 14.6. The van der Waals surface area contributed by atoms with Crippen molar-refractivity contribution < 1.29 is 78.3 Å². The molecule has 2 aromatic heterocycles. The summed E-state index contributed by atoms with van der Waals surface area (Å²) < 4.78 is 0. The molecule has 12 atom stereocenters. The zero-order valence-electron chi connectivity index (χ0n) is 52.6. The number of aromatic amines is 2. The molecule has 0 aliphatic carbocycles. The third-order valence-electron chi connectivity index (χ3n) is 15.2. The number of aliphatic hydroxyl groups excluding tert-OH is 2. The van der Waals surface area contributed by atoms with Crippen molar-refractivity contribution >= 4 is 100 Å². The van der Waals surface area contributed by atoms with Gasteiger partial charge in [0.2, 0.25) is 53.2 Å². The van der Waals surface area contributed by atoms with Crippen LogP contribution in [0.15, 0.2) is 97.6 Å². The molecule has 0 radical (unpaired) electrons. The number of nitrogens with two attached hydrogens (primary N) is 3. The highest BCUT2D eigenvalue weighted by Crippen LogP contribution is 2.21. The van der Waals surface area contributed by atoms with Crippen LogP contribution in [-0.2, 0) is 78.4 Å². The first-order valence-corrected chi connectivity index (χ1v) is 32.2. The summed E-state index contributed by atoms with van der Waals surface area (Å²) in [6.45, 7) is 2.16. The van der Waals surface area contributed by atoms with Gasteiger partial charge in [0, 0.05) is 67.6 Å². The van der Waals surface area contributed by atoms with E-state index in [1.165, 1.54) is 38.6 Å². The molecule has 0 aliphatic rings. The van der Waals surface area contributed by atoms with E-state index in [-0.39, 0.29) is 68.1 Å². The molecule has 0 spiro atoms. The molecule has 0 saturated heterocycles. The molecule has 1 unspecified atom stereocenters. The monoisotopic (exact) mass is 1360 g/mol. The Kier molecular flexibility index (Phi) is 30.9. The van der Waals surface area contributed by atoms with E-state index in [9.17, 15) is 78.3 Å². The van der Waals surface area contributed by atoms with E-state index in [2.05, 4.69) is 70.1 Å². The fraction of sp³-hybridized carbons (Fsp3) is 0.452. The lowest BCUT2D eigenvalue weighted by Crippen LogP contribution is -2.62. The quantitative estimate of drug-likeness (QED) is 0.0137. The Morgan fingerprint density at radius 3 is 1.79 bits per heavy atom. The molecule has 0 fully saturated rings. The van der Waals surface area contributed by atoms with Crippen LogP contribution in [0.25, 0.3) is 10.9 Å². The second-order valence-electron chi connectivity index (χ2n) is 22.6.